The van der Waals surface area contributed by atoms with Crippen LogP contribution < -0.4 is 20.3 Å². The number of carbonyl (C=O) groups is 2. The van der Waals surface area contributed by atoms with Gasteiger partial charge in [0.25, 0.3) is 25.8 Å². The summed E-state index contributed by atoms with van der Waals surface area (Å²) in [5, 5.41) is 5.84. The minimum Gasteiger partial charge on any atom is -0.444 e. The van der Waals surface area contributed by atoms with Crippen molar-refractivity contribution in [1.29, 1.82) is 0 Å². The van der Waals surface area contributed by atoms with Crippen molar-refractivity contribution in [3.05, 3.63) is 89.5 Å². The lowest BCUT2D eigenvalue weighted by molar-refractivity contribution is -0.250. The van der Waals surface area contributed by atoms with Gasteiger partial charge < -0.3 is 30.1 Å². The van der Waals surface area contributed by atoms with Gasteiger partial charge in [-0.2, -0.15) is 13.2 Å². The fourth-order valence-corrected chi connectivity index (χ4v) is 15.2. The Kier molecular flexibility index (Phi) is 19.4. The van der Waals surface area contributed by atoms with Crippen LogP contribution in [0.25, 0.3) is 0 Å². The highest BCUT2D eigenvalue weighted by atomic mass is 32.2. The zero-order chi connectivity index (χ0) is 57.7. The molecule has 3 aromatic rings. The number of thioether (sulfide) groups is 1. The van der Waals surface area contributed by atoms with Crippen LogP contribution in [0, 0.1) is 16.2 Å². The van der Waals surface area contributed by atoms with Crippen LogP contribution in [0.1, 0.15) is 116 Å². The van der Waals surface area contributed by atoms with Crippen LogP contribution in [0.15, 0.2) is 98.6 Å². The van der Waals surface area contributed by atoms with E-state index < -0.39 is 76.3 Å². The van der Waals surface area contributed by atoms with E-state index in [1.807, 2.05) is 55.8 Å². The number of piperazine rings is 2. The first kappa shape index (κ1) is 61.6. The van der Waals surface area contributed by atoms with Gasteiger partial charge in [-0.25, -0.2) is 35.1 Å². The normalized spacial score (nSPS) is 22.6. The van der Waals surface area contributed by atoms with Crippen molar-refractivity contribution in [3.8, 4) is 0 Å². The van der Waals surface area contributed by atoms with Crippen molar-refractivity contribution in [3.63, 3.8) is 0 Å². The number of ether oxygens (including phenoxy) is 1. The zero-order valence-electron chi connectivity index (χ0n) is 46.8. The fourth-order valence-electron chi connectivity index (χ4n) is 12.1. The molecule has 3 saturated carbocycles. The third-order valence-corrected chi connectivity index (χ3v) is 20.6. The van der Waals surface area contributed by atoms with Crippen molar-refractivity contribution < 1.29 is 53.1 Å². The standard InChI is InChI=1S/C58H80F5N7O7S3/c1-54(2,3)77-53(72)64-24-11-6-7-12-25-67-27-29-68(30-28-67)26-22-44(38-78-46-13-9-8-10-14-46)65-49-20-19-47(35-50(49)79(73,74)58(61,62)63)80(75,76)66-51(71)42-15-17-45(18-16-42)70-33-31-69(32-34-70)37-43-21-23-55(4,5)36-48(43)56-39-57(40-56,41-56)52(59)60/h8-10,13-20,35,44,52,65H,6-7,11-12,21-34,36-41H2,1-5H3,(H,64,72)(H,66,71). The van der Waals surface area contributed by atoms with Crippen molar-refractivity contribution in [2.75, 3.05) is 94.5 Å². The topological polar surface area (TPSA) is 161 Å². The third kappa shape index (κ3) is 15.4. The van der Waals surface area contributed by atoms with Crippen LogP contribution in [0.3, 0.4) is 0 Å². The van der Waals surface area contributed by atoms with Crippen molar-refractivity contribution in [2.24, 2.45) is 16.2 Å². The summed E-state index contributed by atoms with van der Waals surface area (Å²) in [5.41, 5.74) is -3.81. The molecule has 1 atom stereocenters. The molecule has 0 spiro atoms. The molecule has 2 amide bonds. The lowest BCUT2D eigenvalue weighted by Crippen LogP contribution is -2.66. The number of nitrogens with zero attached hydrogens (tertiary/aromatic N) is 4. The number of sulfonamides is 1. The minimum atomic E-state index is -6.11. The summed E-state index contributed by atoms with van der Waals surface area (Å²) in [4.78, 5) is 33.4. The molecule has 6 aliphatic rings. The Morgan fingerprint density at radius 2 is 1.40 bits per heavy atom. The van der Waals surface area contributed by atoms with Crippen molar-refractivity contribution in [2.45, 2.75) is 144 Å². The number of carbonyl (C=O) groups excluding carboxylic acids is 2. The van der Waals surface area contributed by atoms with Crippen LogP contribution in [-0.2, 0) is 24.6 Å². The predicted octanol–water partition coefficient (Wildman–Crippen LogP) is 10.8. The van der Waals surface area contributed by atoms with Gasteiger partial charge in [0.1, 0.15) is 10.5 Å². The monoisotopic (exact) mass is 1180 g/mol. The van der Waals surface area contributed by atoms with Gasteiger partial charge in [-0.15, -0.1) is 11.8 Å². The molecular formula is C58H80F5N7O7S3. The smallest absolute Gasteiger partial charge is 0.444 e. The predicted molar refractivity (Wildman–Crippen MR) is 304 cm³/mol. The lowest BCUT2D eigenvalue weighted by Gasteiger charge is -2.72. The fraction of sp³-hybridized carbons (Fsp3) is 0.621. The minimum absolute atomic E-state index is 0.0299. The molecule has 2 bridgehead atoms. The van der Waals surface area contributed by atoms with E-state index in [1.165, 1.54) is 35.0 Å². The number of allylic oxidation sites excluding steroid dienone is 1. The number of alkyl carbamates (subject to hydrolysis) is 1. The molecule has 9 rings (SSSR count). The van der Waals surface area contributed by atoms with Gasteiger partial charge in [-0.3, -0.25) is 9.69 Å². The number of nitrogens with one attached hydrogen (secondary N) is 3. The Bertz CT molecular complexity index is 2870. The number of hydrogen-bond acceptors (Lipinski definition) is 13. The molecule has 2 saturated heterocycles. The second kappa shape index (κ2) is 25.2. The van der Waals surface area contributed by atoms with E-state index in [9.17, 15) is 48.4 Å². The van der Waals surface area contributed by atoms with E-state index in [0.29, 0.717) is 63.7 Å². The average molecular weight is 1180 g/mol. The Balaban J connectivity index is 0.857. The second-order valence-corrected chi connectivity index (χ2v) is 29.2. The van der Waals surface area contributed by atoms with Crippen LogP contribution in [0.4, 0.5) is 38.1 Å². The number of benzene rings is 3. The van der Waals surface area contributed by atoms with Crippen LogP contribution in [0.5, 0.6) is 0 Å². The Morgan fingerprint density at radius 3 is 2.02 bits per heavy atom. The van der Waals surface area contributed by atoms with E-state index in [4.69, 9.17) is 4.74 Å². The molecule has 1 unspecified atom stereocenters. The summed E-state index contributed by atoms with van der Waals surface area (Å²) in [6.45, 7) is 19.0. The maximum absolute atomic E-state index is 14.4. The van der Waals surface area contributed by atoms with Crippen LogP contribution in [0.2, 0.25) is 0 Å². The Hall–Kier alpha value is -4.48. The maximum atomic E-state index is 14.4. The average Bonchev–Trinajstić information content (AvgIpc) is 3.37. The van der Waals surface area contributed by atoms with E-state index in [1.54, 1.807) is 12.1 Å². The molecule has 0 radical (unpaired) electrons. The van der Waals surface area contributed by atoms with Crippen molar-refractivity contribution >= 4 is 55.0 Å². The molecule has 3 N–H and O–H groups in total. The number of anilines is 2. The summed E-state index contributed by atoms with van der Waals surface area (Å²) >= 11 is 1.45. The van der Waals surface area contributed by atoms with E-state index in [2.05, 4.69) is 44.1 Å². The molecule has 442 valence electrons. The molecule has 5 fully saturated rings. The van der Waals surface area contributed by atoms with E-state index in [0.717, 1.165) is 120 Å². The van der Waals surface area contributed by atoms with Gasteiger partial charge in [0.15, 0.2) is 0 Å². The molecule has 22 heteroatoms. The van der Waals surface area contributed by atoms with Gasteiger partial charge in [-0.05, 0) is 151 Å². The molecule has 4 aliphatic carbocycles. The van der Waals surface area contributed by atoms with E-state index >= 15 is 0 Å². The summed E-state index contributed by atoms with van der Waals surface area (Å²) < 4.78 is 132. The lowest BCUT2D eigenvalue weighted by atomic mass is 9.32. The summed E-state index contributed by atoms with van der Waals surface area (Å²) in [5.74, 6) is -0.700. The number of alkyl halides is 5. The molecule has 80 heavy (non-hydrogen) atoms. The van der Waals surface area contributed by atoms with Gasteiger partial charge >= 0.3 is 11.6 Å². The summed E-state index contributed by atoms with van der Waals surface area (Å²) in [6.07, 6.45) is 6.39. The van der Waals surface area contributed by atoms with Gasteiger partial charge in [0.2, 0.25) is 6.43 Å². The van der Waals surface area contributed by atoms with Crippen LogP contribution >= 0.6 is 11.8 Å². The van der Waals surface area contributed by atoms with Gasteiger partial charge in [0, 0.05) is 105 Å². The first-order chi connectivity index (χ1) is 37.6. The molecule has 2 heterocycles. The van der Waals surface area contributed by atoms with Gasteiger partial charge in [-0.1, -0.05) is 56.0 Å². The highest BCUT2D eigenvalue weighted by Gasteiger charge is 2.73. The molecule has 3 aromatic carbocycles. The number of sulfone groups is 1. The van der Waals surface area contributed by atoms with Crippen molar-refractivity contribution in [1.82, 2.24) is 24.7 Å². The van der Waals surface area contributed by atoms with Crippen LogP contribution in [-0.4, -0.2) is 151 Å². The quantitative estimate of drug-likeness (QED) is 0.0337. The summed E-state index contributed by atoms with van der Waals surface area (Å²) in [7, 11) is -11.0. The SMILES string of the molecule is CC1(C)CCC(CN2CCN(c3ccc(C(=O)NS(=O)(=O)c4ccc(NC(CCN5CCN(CCCCCCNC(=O)OC(C)(C)C)CC5)CSc5ccccc5)c(S(=O)(=O)C(F)(F)F)c4)cc3)CC2)=C(C23CC(C(F)F)(C2)C3)C1. The Morgan fingerprint density at radius 1 is 0.775 bits per heavy atom. The highest BCUT2D eigenvalue weighted by molar-refractivity contribution is 7.99. The molecule has 0 aromatic heterocycles. The molecule has 14 nitrogen and oxygen atoms in total. The molecule has 2 aliphatic heterocycles. The maximum Gasteiger partial charge on any atom is 0.501 e. The highest BCUT2D eigenvalue weighted by Crippen LogP contribution is 2.79. The van der Waals surface area contributed by atoms with Gasteiger partial charge in [0.05, 0.1) is 10.6 Å². The number of halogens is 5. The molecular weight excluding hydrogens is 1100 g/mol. The Labute approximate surface area is 474 Å². The second-order valence-electron chi connectivity index (χ2n) is 24.5. The number of unbranched alkanes of at least 4 members (excludes halogenated alkanes) is 3. The first-order valence-electron chi connectivity index (χ1n) is 28.1. The number of amides is 2. The zero-order valence-corrected chi connectivity index (χ0v) is 49.3. The third-order valence-electron chi connectivity index (χ3n) is 16.6. The summed E-state index contributed by atoms with van der Waals surface area (Å²) in [6, 6.07) is 17.6. The first-order valence-corrected chi connectivity index (χ1v) is 32.1. The largest absolute Gasteiger partial charge is 0.501 e. The van der Waals surface area contributed by atoms with E-state index in [-0.39, 0.29) is 16.4 Å². The number of rotatable bonds is 24. The number of hydrogen-bond donors (Lipinski definition) is 3.